The molecule has 25 heavy (non-hydrogen) atoms. The molecule has 132 valence electrons. The molecule has 0 aromatic heterocycles. The fourth-order valence-corrected chi connectivity index (χ4v) is 2.99. The molecule has 0 unspecified atom stereocenters. The SMILES string of the molecule is C=CCCCCCCCCc1ccc(-c2ccc(C(=O)O)cc2)cc1. The topological polar surface area (TPSA) is 37.3 Å². The number of allylic oxidation sites excluding steroid dienone is 1. The minimum Gasteiger partial charge on any atom is -0.478 e. The summed E-state index contributed by atoms with van der Waals surface area (Å²) < 4.78 is 0. The molecule has 0 radical (unpaired) electrons. The molecule has 0 aliphatic carbocycles. The predicted molar refractivity (Wildman–Crippen MR) is 105 cm³/mol. The Bertz CT molecular complexity index is 653. The molecule has 0 saturated carbocycles. The van der Waals surface area contributed by atoms with Crippen LogP contribution in [0.15, 0.2) is 61.2 Å². The van der Waals surface area contributed by atoms with E-state index in [2.05, 4.69) is 30.8 Å². The van der Waals surface area contributed by atoms with Crippen molar-refractivity contribution in [2.45, 2.75) is 51.4 Å². The van der Waals surface area contributed by atoms with Crippen molar-refractivity contribution in [2.24, 2.45) is 0 Å². The smallest absolute Gasteiger partial charge is 0.335 e. The van der Waals surface area contributed by atoms with Gasteiger partial charge in [-0.05, 0) is 54.5 Å². The third kappa shape index (κ3) is 6.58. The number of hydrogen-bond donors (Lipinski definition) is 1. The van der Waals surface area contributed by atoms with E-state index < -0.39 is 5.97 Å². The van der Waals surface area contributed by atoms with Crippen molar-refractivity contribution >= 4 is 5.97 Å². The average molecular weight is 336 g/mol. The van der Waals surface area contributed by atoms with Gasteiger partial charge in [-0.3, -0.25) is 0 Å². The maximum absolute atomic E-state index is 10.9. The number of carboxylic acids is 1. The lowest BCUT2D eigenvalue weighted by Gasteiger charge is -2.06. The molecule has 2 nitrogen and oxygen atoms in total. The highest BCUT2D eigenvalue weighted by Crippen LogP contribution is 2.21. The molecule has 2 aromatic rings. The molecule has 0 bridgehead atoms. The van der Waals surface area contributed by atoms with Gasteiger partial charge in [0, 0.05) is 0 Å². The molecule has 2 heteroatoms. The van der Waals surface area contributed by atoms with Crippen molar-refractivity contribution < 1.29 is 9.90 Å². The summed E-state index contributed by atoms with van der Waals surface area (Å²) in [6.07, 6.45) is 12.1. The first-order chi connectivity index (χ1) is 12.2. The zero-order valence-corrected chi connectivity index (χ0v) is 14.9. The highest BCUT2D eigenvalue weighted by molar-refractivity contribution is 5.88. The normalized spacial score (nSPS) is 10.6. The first-order valence-corrected chi connectivity index (χ1v) is 9.24. The van der Waals surface area contributed by atoms with E-state index in [9.17, 15) is 4.79 Å². The summed E-state index contributed by atoms with van der Waals surface area (Å²) in [7, 11) is 0. The first kappa shape index (κ1) is 19.0. The highest BCUT2D eigenvalue weighted by Gasteiger charge is 2.03. The molecule has 2 aromatic carbocycles. The number of benzene rings is 2. The Kier molecular flexibility index (Phi) is 7.97. The van der Waals surface area contributed by atoms with Gasteiger partial charge in [0.15, 0.2) is 0 Å². The Morgan fingerprint density at radius 2 is 1.32 bits per heavy atom. The summed E-state index contributed by atoms with van der Waals surface area (Å²) >= 11 is 0. The lowest BCUT2D eigenvalue weighted by Crippen LogP contribution is -1.95. The first-order valence-electron chi connectivity index (χ1n) is 9.24. The van der Waals surface area contributed by atoms with Crippen LogP contribution in [-0.4, -0.2) is 11.1 Å². The predicted octanol–water partition coefficient (Wildman–Crippen LogP) is 6.51. The van der Waals surface area contributed by atoms with Crippen molar-refractivity contribution in [2.75, 3.05) is 0 Å². The molecule has 0 saturated heterocycles. The molecule has 2 rings (SSSR count). The van der Waals surface area contributed by atoms with Crippen LogP contribution in [0.5, 0.6) is 0 Å². The van der Waals surface area contributed by atoms with Crippen LogP contribution in [0.3, 0.4) is 0 Å². The number of unbranched alkanes of at least 4 members (excludes halogenated alkanes) is 6. The fourth-order valence-electron chi connectivity index (χ4n) is 2.99. The monoisotopic (exact) mass is 336 g/mol. The van der Waals surface area contributed by atoms with Gasteiger partial charge in [0.05, 0.1) is 5.56 Å². The van der Waals surface area contributed by atoms with Crippen LogP contribution in [0.2, 0.25) is 0 Å². The summed E-state index contributed by atoms with van der Waals surface area (Å²) in [5.41, 5.74) is 3.88. The Labute approximate surface area is 151 Å². The summed E-state index contributed by atoms with van der Waals surface area (Å²) in [5.74, 6) is -0.886. The maximum Gasteiger partial charge on any atom is 0.335 e. The molecular weight excluding hydrogens is 308 g/mol. The van der Waals surface area contributed by atoms with Crippen molar-refractivity contribution in [1.29, 1.82) is 0 Å². The lowest BCUT2D eigenvalue weighted by molar-refractivity contribution is 0.0697. The van der Waals surface area contributed by atoms with E-state index in [4.69, 9.17) is 5.11 Å². The van der Waals surface area contributed by atoms with E-state index in [1.807, 2.05) is 18.2 Å². The van der Waals surface area contributed by atoms with Gasteiger partial charge < -0.3 is 5.11 Å². The number of carboxylic acid groups (broad SMARTS) is 1. The van der Waals surface area contributed by atoms with Crippen molar-refractivity contribution in [1.82, 2.24) is 0 Å². The second kappa shape index (κ2) is 10.5. The quantitative estimate of drug-likeness (QED) is 0.375. The average Bonchev–Trinajstić information content (AvgIpc) is 2.64. The third-order valence-electron chi connectivity index (χ3n) is 4.54. The van der Waals surface area contributed by atoms with Gasteiger partial charge in [-0.25, -0.2) is 4.79 Å². The number of aryl methyl sites for hydroxylation is 1. The molecular formula is C23H28O2. The number of rotatable bonds is 11. The second-order valence-corrected chi connectivity index (χ2v) is 6.53. The van der Waals surface area contributed by atoms with Crippen molar-refractivity contribution in [3.8, 4) is 11.1 Å². The van der Waals surface area contributed by atoms with E-state index in [0.29, 0.717) is 5.56 Å². The van der Waals surface area contributed by atoms with Gasteiger partial charge in [-0.15, -0.1) is 6.58 Å². The van der Waals surface area contributed by atoms with Gasteiger partial charge >= 0.3 is 5.97 Å². The lowest BCUT2D eigenvalue weighted by atomic mass is 10.00. The zero-order chi connectivity index (χ0) is 17.9. The molecule has 0 amide bonds. The molecule has 0 spiro atoms. The van der Waals surface area contributed by atoms with Crippen LogP contribution >= 0.6 is 0 Å². The molecule has 0 fully saturated rings. The largest absolute Gasteiger partial charge is 0.478 e. The maximum atomic E-state index is 10.9. The second-order valence-electron chi connectivity index (χ2n) is 6.53. The van der Waals surface area contributed by atoms with Crippen LogP contribution < -0.4 is 0 Å². The van der Waals surface area contributed by atoms with Crippen LogP contribution in [0, 0.1) is 0 Å². The van der Waals surface area contributed by atoms with Gasteiger partial charge in [0.1, 0.15) is 0 Å². The molecule has 0 aliphatic heterocycles. The van der Waals surface area contributed by atoms with Gasteiger partial charge in [-0.1, -0.05) is 68.2 Å². The molecule has 0 heterocycles. The van der Waals surface area contributed by atoms with E-state index in [-0.39, 0.29) is 0 Å². The molecule has 1 N–H and O–H groups in total. The van der Waals surface area contributed by atoms with Crippen LogP contribution in [-0.2, 0) is 6.42 Å². The number of aromatic carboxylic acids is 1. The minimum absolute atomic E-state index is 0.324. The zero-order valence-electron chi connectivity index (χ0n) is 14.9. The van der Waals surface area contributed by atoms with E-state index in [1.54, 1.807) is 12.1 Å². The standard InChI is InChI=1S/C23H28O2/c1-2-3-4-5-6-7-8-9-10-19-11-13-20(14-12-19)21-15-17-22(18-16-21)23(24)25/h2,11-18H,1,3-10H2,(H,24,25). The molecule has 0 aliphatic rings. The van der Waals surface area contributed by atoms with E-state index in [0.717, 1.165) is 24.0 Å². The van der Waals surface area contributed by atoms with Gasteiger partial charge in [0.2, 0.25) is 0 Å². The Hall–Kier alpha value is -2.35. The highest BCUT2D eigenvalue weighted by atomic mass is 16.4. The Balaban J connectivity index is 1.74. The Morgan fingerprint density at radius 3 is 1.88 bits per heavy atom. The van der Waals surface area contributed by atoms with Crippen LogP contribution in [0.4, 0.5) is 0 Å². The van der Waals surface area contributed by atoms with Gasteiger partial charge in [0.25, 0.3) is 0 Å². The van der Waals surface area contributed by atoms with Crippen LogP contribution in [0.25, 0.3) is 11.1 Å². The molecule has 0 atom stereocenters. The minimum atomic E-state index is -0.886. The van der Waals surface area contributed by atoms with Crippen molar-refractivity contribution in [3.63, 3.8) is 0 Å². The van der Waals surface area contributed by atoms with E-state index in [1.165, 1.54) is 44.1 Å². The Morgan fingerprint density at radius 1 is 0.800 bits per heavy atom. The third-order valence-corrected chi connectivity index (χ3v) is 4.54. The fraction of sp³-hybridized carbons (Fsp3) is 0.348. The number of carbonyl (C=O) groups is 1. The van der Waals surface area contributed by atoms with Crippen molar-refractivity contribution in [3.05, 3.63) is 72.3 Å². The summed E-state index contributed by atoms with van der Waals surface area (Å²) in [6, 6.07) is 15.7. The summed E-state index contributed by atoms with van der Waals surface area (Å²) in [5, 5.41) is 8.95. The van der Waals surface area contributed by atoms with Crippen LogP contribution in [0.1, 0.15) is 60.9 Å². The van der Waals surface area contributed by atoms with E-state index >= 15 is 0 Å². The number of hydrogen-bond acceptors (Lipinski definition) is 1. The van der Waals surface area contributed by atoms with Gasteiger partial charge in [-0.2, -0.15) is 0 Å². The summed E-state index contributed by atoms with van der Waals surface area (Å²) in [6.45, 7) is 3.75. The summed E-state index contributed by atoms with van der Waals surface area (Å²) in [4.78, 5) is 10.9.